The molecule has 4 rings (SSSR count). The second kappa shape index (κ2) is 9.19. The fraction of sp³-hybridized carbons (Fsp3) is 0.261. The van der Waals surface area contributed by atoms with E-state index in [0.29, 0.717) is 34.3 Å². The predicted molar refractivity (Wildman–Crippen MR) is 116 cm³/mol. The minimum atomic E-state index is -0.432. The van der Waals surface area contributed by atoms with E-state index in [-0.39, 0.29) is 12.5 Å². The van der Waals surface area contributed by atoms with Crippen LogP contribution in [0.15, 0.2) is 36.5 Å². The van der Waals surface area contributed by atoms with Crippen molar-refractivity contribution in [2.45, 2.75) is 33.0 Å². The Balaban J connectivity index is 1.48. The number of fused-ring (bicyclic) bond motifs is 1. The number of nitriles is 1. The first-order chi connectivity index (χ1) is 14.9. The first kappa shape index (κ1) is 21.5. The molecule has 0 aliphatic carbocycles. The summed E-state index contributed by atoms with van der Waals surface area (Å²) < 4.78 is 19.7. The number of aryl methyl sites for hydroxylation is 1. The van der Waals surface area contributed by atoms with Crippen molar-refractivity contribution in [3.05, 3.63) is 86.0 Å². The van der Waals surface area contributed by atoms with Crippen molar-refractivity contribution >= 4 is 23.2 Å². The molecule has 0 spiro atoms. The molecule has 0 saturated carbocycles. The van der Waals surface area contributed by atoms with E-state index < -0.39 is 5.82 Å². The maximum Gasteiger partial charge on any atom is 0.233 e. The maximum atomic E-state index is 14.0. The van der Waals surface area contributed by atoms with Gasteiger partial charge in [0.2, 0.25) is 5.88 Å². The number of pyridine rings is 2. The van der Waals surface area contributed by atoms with Gasteiger partial charge in [0.05, 0.1) is 17.0 Å². The quantitative estimate of drug-likeness (QED) is 0.525. The summed E-state index contributed by atoms with van der Waals surface area (Å²) in [6, 6.07) is 10.3. The van der Waals surface area contributed by atoms with E-state index in [1.165, 1.54) is 6.07 Å². The van der Waals surface area contributed by atoms with Gasteiger partial charge in [-0.25, -0.2) is 9.37 Å². The molecule has 158 valence electrons. The van der Waals surface area contributed by atoms with Gasteiger partial charge in [0.25, 0.3) is 0 Å². The Morgan fingerprint density at radius 3 is 2.84 bits per heavy atom. The van der Waals surface area contributed by atoms with Crippen LogP contribution in [0, 0.1) is 24.1 Å². The molecule has 0 amide bonds. The SMILES string of the molecule is Cc1cc(C#N)cnc1CN1CCc2cc(Cl)c(OCc3ccc(Cl)cc3F)nc2C1. The highest BCUT2D eigenvalue weighted by Crippen LogP contribution is 2.30. The molecule has 0 atom stereocenters. The number of aromatic nitrogens is 2. The Labute approximate surface area is 190 Å². The van der Waals surface area contributed by atoms with Crippen molar-refractivity contribution in [2.24, 2.45) is 0 Å². The van der Waals surface area contributed by atoms with Gasteiger partial charge < -0.3 is 4.74 Å². The van der Waals surface area contributed by atoms with Gasteiger partial charge >= 0.3 is 0 Å². The molecule has 5 nitrogen and oxygen atoms in total. The fourth-order valence-electron chi connectivity index (χ4n) is 3.53. The van der Waals surface area contributed by atoms with Gasteiger partial charge in [0.15, 0.2) is 0 Å². The van der Waals surface area contributed by atoms with E-state index >= 15 is 0 Å². The highest BCUT2D eigenvalue weighted by atomic mass is 35.5. The van der Waals surface area contributed by atoms with E-state index in [4.69, 9.17) is 33.2 Å². The number of halogens is 3. The summed E-state index contributed by atoms with van der Waals surface area (Å²) in [5.74, 6) is -0.151. The Hall–Kier alpha value is -2.72. The molecule has 31 heavy (non-hydrogen) atoms. The Morgan fingerprint density at radius 2 is 2.10 bits per heavy atom. The van der Waals surface area contributed by atoms with Crippen molar-refractivity contribution < 1.29 is 9.13 Å². The summed E-state index contributed by atoms with van der Waals surface area (Å²) in [5, 5.41) is 9.76. The van der Waals surface area contributed by atoms with Crippen LogP contribution < -0.4 is 4.74 Å². The molecular formula is C23H19Cl2FN4O. The number of rotatable bonds is 5. The number of hydrogen-bond acceptors (Lipinski definition) is 5. The topological polar surface area (TPSA) is 62.0 Å². The minimum absolute atomic E-state index is 0.00653. The first-order valence-corrected chi connectivity index (χ1v) is 10.5. The van der Waals surface area contributed by atoms with Gasteiger partial charge in [-0.2, -0.15) is 5.26 Å². The summed E-state index contributed by atoms with van der Waals surface area (Å²) >= 11 is 12.2. The van der Waals surface area contributed by atoms with Gasteiger partial charge in [0, 0.05) is 36.4 Å². The molecule has 8 heteroatoms. The van der Waals surface area contributed by atoms with Crippen LogP contribution in [0.3, 0.4) is 0 Å². The molecule has 1 aromatic carbocycles. The second-order valence-corrected chi connectivity index (χ2v) is 8.31. The summed E-state index contributed by atoms with van der Waals surface area (Å²) in [6.07, 6.45) is 2.41. The molecule has 0 bridgehead atoms. The molecule has 0 fully saturated rings. The normalized spacial score (nSPS) is 13.5. The highest BCUT2D eigenvalue weighted by molar-refractivity contribution is 6.32. The minimum Gasteiger partial charge on any atom is -0.472 e. The van der Waals surface area contributed by atoms with Crippen LogP contribution in [0.2, 0.25) is 10.0 Å². The number of hydrogen-bond donors (Lipinski definition) is 0. The zero-order valence-corrected chi connectivity index (χ0v) is 18.3. The molecule has 0 saturated heterocycles. The maximum absolute atomic E-state index is 14.0. The van der Waals surface area contributed by atoms with Gasteiger partial charge in [-0.15, -0.1) is 0 Å². The van der Waals surface area contributed by atoms with Crippen molar-refractivity contribution in [1.29, 1.82) is 5.26 Å². The largest absolute Gasteiger partial charge is 0.472 e. The van der Waals surface area contributed by atoms with E-state index in [1.807, 2.05) is 19.1 Å². The molecule has 1 aliphatic heterocycles. The summed E-state index contributed by atoms with van der Waals surface area (Å²) in [5.41, 5.74) is 4.82. The molecule has 3 aromatic rings. The number of ether oxygens (including phenoxy) is 1. The van der Waals surface area contributed by atoms with Crippen molar-refractivity contribution in [3.63, 3.8) is 0 Å². The summed E-state index contributed by atoms with van der Waals surface area (Å²) in [7, 11) is 0. The van der Waals surface area contributed by atoms with E-state index in [9.17, 15) is 4.39 Å². The zero-order valence-electron chi connectivity index (χ0n) is 16.8. The van der Waals surface area contributed by atoms with Crippen LogP contribution >= 0.6 is 23.2 Å². The van der Waals surface area contributed by atoms with Gasteiger partial charge in [-0.05, 0) is 48.7 Å². The van der Waals surface area contributed by atoms with E-state index in [0.717, 1.165) is 35.5 Å². The van der Waals surface area contributed by atoms with Crippen LogP contribution in [0.5, 0.6) is 5.88 Å². The standard InChI is InChI=1S/C23H19Cl2FN4O/c1-14-6-15(9-27)10-28-21(14)11-30-5-4-16-7-19(25)23(29-22(16)12-30)31-13-17-2-3-18(24)8-20(17)26/h2-3,6-8,10H,4-5,11-13H2,1H3. The summed E-state index contributed by atoms with van der Waals surface area (Å²) in [6.45, 7) is 4.10. The molecule has 3 heterocycles. The third-order valence-corrected chi connectivity index (χ3v) is 5.76. The summed E-state index contributed by atoms with van der Waals surface area (Å²) in [4.78, 5) is 11.3. The molecule has 2 aromatic heterocycles. The van der Waals surface area contributed by atoms with E-state index in [2.05, 4.69) is 20.9 Å². The monoisotopic (exact) mass is 456 g/mol. The predicted octanol–water partition coefficient (Wildman–Crippen LogP) is 5.24. The second-order valence-electron chi connectivity index (χ2n) is 7.47. The lowest BCUT2D eigenvalue weighted by Crippen LogP contribution is -2.31. The highest BCUT2D eigenvalue weighted by Gasteiger charge is 2.21. The Bertz CT molecular complexity index is 1180. The lowest BCUT2D eigenvalue weighted by Gasteiger charge is -2.28. The van der Waals surface area contributed by atoms with Crippen LogP contribution in [-0.2, 0) is 26.1 Å². The van der Waals surface area contributed by atoms with Gasteiger partial charge in [0.1, 0.15) is 23.5 Å². The van der Waals surface area contributed by atoms with Crippen molar-refractivity contribution in [3.8, 4) is 11.9 Å². The zero-order chi connectivity index (χ0) is 22.0. The third kappa shape index (κ3) is 4.96. The lowest BCUT2D eigenvalue weighted by atomic mass is 10.0. The Kier molecular flexibility index (Phi) is 6.38. The average molecular weight is 457 g/mol. The van der Waals surface area contributed by atoms with Crippen molar-refractivity contribution in [1.82, 2.24) is 14.9 Å². The lowest BCUT2D eigenvalue weighted by molar-refractivity contribution is 0.233. The van der Waals surface area contributed by atoms with Crippen molar-refractivity contribution in [2.75, 3.05) is 6.54 Å². The molecule has 0 unspecified atom stereocenters. The smallest absolute Gasteiger partial charge is 0.233 e. The van der Waals surface area contributed by atoms with Crippen LogP contribution in [0.1, 0.15) is 33.6 Å². The third-order valence-electron chi connectivity index (χ3n) is 5.25. The fourth-order valence-corrected chi connectivity index (χ4v) is 3.92. The molecule has 0 N–H and O–H groups in total. The number of nitrogens with zero attached hydrogens (tertiary/aromatic N) is 4. The Morgan fingerprint density at radius 1 is 1.26 bits per heavy atom. The number of benzene rings is 1. The van der Waals surface area contributed by atoms with Crippen LogP contribution in [0.4, 0.5) is 4.39 Å². The molecule has 0 radical (unpaired) electrons. The van der Waals surface area contributed by atoms with Gasteiger partial charge in [-0.3, -0.25) is 9.88 Å². The average Bonchev–Trinajstić information content (AvgIpc) is 2.75. The molecular weight excluding hydrogens is 438 g/mol. The van der Waals surface area contributed by atoms with Crippen LogP contribution in [-0.4, -0.2) is 21.4 Å². The van der Waals surface area contributed by atoms with Gasteiger partial charge in [-0.1, -0.05) is 29.3 Å². The van der Waals surface area contributed by atoms with Crippen LogP contribution in [0.25, 0.3) is 0 Å². The molecule has 1 aliphatic rings. The first-order valence-electron chi connectivity index (χ1n) is 9.76. The van der Waals surface area contributed by atoms with E-state index in [1.54, 1.807) is 18.3 Å².